The molecule has 9 nitrogen and oxygen atoms in total. The molecule has 1 atom stereocenters. The Morgan fingerprint density at radius 1 is 1.25 bits per heavy atom. The monoisotopic (exact) mass is 392 g/mol. The van der Waals surface area contributed by atoms with Crippen LogP contribution >= 0.6 is 0 Å². The molecule has 0 saturated carbocycles. The first kappa shape index (κ1) is 19.7. The van der Waals surface area contributed by atoms with Crippen molar-refractivity contribution in [1.82, 2.24) is 15.5 Å². The van der Waals surface area contributed by atoms with E-state index in [-0.39, 0.29) is 31.2 Å². The molecule has 1 aromatic rings. The molecule has 28 heavy (non-hydrogen) atoms. The summed E-state index contributed by atoms with van der Waals surface area (Å²) in [5.41, 5.74) is 0.418. The molecular weight excluding hydrogens is 369 g/mol. The van der Waals surface area contributed by atoms with Crippen molar-refractivity contribution < 1.29 is 28.5 Å². The van der Waals surface area contributed by atoms with Gasteiger partial charge in [-0.3, -0.25) is 19.7 Å². The summed E-state index contributed by atoms with van der Waals surface area (Å²) < 4.78 is 13.2. The summed E-state index contributed by atoms with van der Waals surface area (Å²) in [6.07, 6.45) is 0.438. The highest BCUT2D eigenvalue weighted by atomic mass is 19.1. The van der Waals surface area contributed by atoms with Gasteiger partial charge in [-0.1, -0.05) is 6.07 Å². The Kier molecular flexibility index (Phi) is 6.19. The molecule has 0 aliphatic carbocycles. The van der Waals surface area contributed by atoms with Gasteiger partial charge in [0.05, 0.1) is 26.2 Å². The number of halogens is 1. The number of piperazine rings is 1. The minimum absolute atomic E-state index is 0.0720. The van der Waals surface area contributed by atoms with Crippen molar-refractivity contribution in [2.24, 2.45) is 0 Å². The maximum atomic E-state index is 13.2. The van der Waals surface area contributed by atoms with E-state index >= 15 is 0 Å². The van der Waals surface area contributed by atoms with Crippen LogP contribution in [0.2, 0.25) is 0 Å². The number of nitrogens with zero attached hydrogens (tertiary/aromatic N) is 1. The van der Waals surface area contributed by atoms with Crippen molar-refractivity contribution in [1.29, 1.82) is 0 Å². The number of quaternary nitrogens is 1. The van der Waals surface area contributed by atoms with Crippen LogP contribution in [0.5, 0.6) is 0 Å². The van der Waals surface area contributed by atoms with Crippen LogP contribution in [-0.4, -0.2) is 67.4 Å². The number of carbonyl (C=O) groups is 4. The number of benzene rings is 1. The van der Waals surface area contributed by atoms with Gasteiger partial charge in [0.15, 0.2) is 6.54 Å². The van der Waals surface area contributed by atoms with E-state index in [0.29, 0.717) is 31.9 Å². The third-order valence-electron chi connectivity index (χ3n) is 4.85. The molecule has 3 rings (SSSR count). The summed E-state index contributed by atoms with van der Waals surface area (Å²) in [6.45, 7) is 2.54. The molecule has 0 bridgehead atoms. The molecule has 0 unspecified atom stereocenters. The predicted octanol–water partition coefficient (Wildman–Crippen LogP) is -1.52. The van der Waals surface area contributed by atoms with Gasteiger partial charge in [-0.05, 0) is 24.6 Å². The second-order valence-corrected chi connectivity index (χ2v) is 6.92. The molecule has 150 valence electrons. The van der Waals surface area contributed by atoms with Crippen molar-refractivity contribution in [3.8, 4) is 0 Å². The SMILES string of the molecule is O=C(C[NH+]1CCN(C(=O)CC[C@H]2NC(=O)NC2=O)CC1)Nc1cccc(F)c1. The zero-order valence-electron chi connectivity index (χ0n) is 15.3. The maximum Gasteiger partial charge on any atom is 0.322 e. The van der Waals surface area contributed by atoms with Crippen molar-refractivity contribution in [3.05, 3.63) is 30.1 Å². The summed E-state index contributed by atoms with van der Waals surface area (Å²) >= 11 is 0. The molecule has 5 amide bonds. The number of imide groups is 1. The van der Waals surface area contributed by atoms with E-state index in [2.05, 4.69) is 16.0 Å². The second kappa shape index (κ2) is 8.79. The van der Waals surface area contributed by atoms with Crippen molar-refractivity contribution in [3.63, 3.8) is 0 Å². The topological polar surface area (TPSA) is 112 Å². The van der Waals surface area contributed by atoms with Gasteiger partial charge in [0, 0.05) is 12.1 Å². The van der Waals surface area contributed by atoms with E-state index in [1.54, 1.807) is 11.0 Å². The predicted molar refractivity (Wildman–Crippen MR) is 96.9 cm³/mol. The highest BCUT2D eigenvalue weighted by Gasteiger charge is 2.31. The first-order chi connectivity index (χ1) is 13.4. The lowest BCUT2D eigenvalue weighted by molar-refractivity contribution is -0.895. The largest absolute Gasteiger partial charge is 0.331 e. The van der Waals surface area contributed by atoms with Crippen LogP contribution < -0.4 is 20.9 Å². The van der Waals surface area contributed by atoms with Gasteiger partial charge in [-0.15, -0.1) is 0 Å². The summed E-state index contributed by atoms with van der Waals surface area (Å²) in [5, 5.41) is 7.28. The van der Waals surface area contributed by atoms with Crippen molar-refractivity contribution in [2.45, 2.75) is 18.9 Å². The second-order valence-electron chi connectivity index (χ2n) is 6.92. The smallest absolute Gasteiger partial charge is 0.322 e. The quantitative estimate of drug-likeness (QED) is 0.441. The van der Waals surface area contributed by atoms with Gasteiger partial charge in [0.2, 0.25) is 5.91 Å². The molecule has 4 N–H and O–H groups in total. The lowest BCUT2D eigenvalue weighted by Gasteiger charge is -2.32. The molecule has 2 heterocycles. The maximum absolute atomic E-state index is 13.2. The van der Waals surface area contributed by atoms with E-state index in [1.165, 1.54) is 18.2 Å². The number of hydrogen-bond acceptors (Lipinski definition) is 4. The number of carbonyl (C=O) groups excluding carboxylic acids is 4. The van der Waals surface area contributed by atoms with Crippen LogP contribution in [0.3, 0.4) is 0 Å². The molecule has 2 aliphatic rings. The van der Waals surface area contributed by atoms with Crippen LogP contribution in [0.4, 0.5) is 14.9 Å². The molecule has 0 aromatic heterocycles. The van der Waals surface area contributed by atoms with E-state index in [0.717, 1.165) is 4.90 Å². The molecule has 2 saturated heterocycles. The third-order valence-corrected chi connectivity index (χ3v) is 4.85. The number of amides is 5. The van der Waals surface area contributed by atoms with Gasteiger partial charge >= 0.3 is 6.03 Å². The first-order valence-electron chi connectivity index (χ1n) is 9.19. The molecule has 0 spiro atoms. The summed E-state index contributed by atoms with van der Waals surface area (Å²) in [4.78, 5) is 49.7. The van der Waals surface area contributed by atoms with Crippen LogP contribution in [-0.2, 0) is 14.4 Å². The highest BCUT2D eigenvalue weighted by molar-refractivity contribution is 6.04. The lowest BCUT2D eigenvalue weighted by atomic mass is 10.1. The Bertz CT molecular complexity index is 779. The van der Waals surface area contributed by atoms with E-state index in [9.17, 15) is 23.6 Å². The van der Waals surface area contributed by atoms with Gasteiger partial charge in [-0.2, -0.15) is 0 Å². The first-order valence-corrected chi connectivity index (χ1v) is 9.19. The van der Waals surface area contributed by atoms with Crippen molar-refractivity contribution >= 4 is 29.4 Å². The summed E-state index contributed by atoms with van der Waals surface area (Å²) in [6, 6.07) is 4.54. The zero-order chi connectivity index (χ0) is 20.1. The molecule has 10 heteroatoms. The van der Waals surface area contributed by atoms with E-state index in [1.807, 2.05) is 0 Å². The molecule has 2 aliphatic heterocycles. The zero-order valence-corrected chi connectivity index (χ0v) is 15.3. The van der Waals surface area contributed by atoms with Gasteiger partial charge in [0.25, 0.3) is 11.8 Å². The Morgan fingerprint density at radius 2 is 2.00 bits per heavy atom. The van der Waals surface area contributed by atoms with Crippen LogP contribution in [0.1, 0.15) is 12.8 Å². The van der Waals surface area contributed by atoms with E-state index < -0.39 is 23.8 Å². The number of hydrogen-bond donors (Lipinski definition) is 4. The minimum Gasteiger partial charge on any atom is -0.331 e. The average Bonchev–Trinajstić information content (AvgIpc) is 2.97. The minimum atomic E-state index is -0.658. The standard InChI is InChI=1S/C18H22FN5O4/c19-12-2-1-3-13(10-12)20-15(25)11-23-6-8-24(9-7-23)16(26)5-4-14-17(27)22-18(28)21-14/h1-3,10,14H,4-9,11H2,(H,20,25)(H2,21,22,27,28)/p+1/t14-/m1/s1. The number of nitrogens with one attached hydrogen (secondary N) is 4. The third kappa shape index (κ3) is 5.26. The van der Waals surface area contributed by atoms with Crippen LogP contribution in [0, 0.1) is 5.82 Å². The molecular formula is C18H23FN5O4+. The van der Waals surface area contributed by atoms with Gasteiger partial charge in [0.1, 0.15) is 11.9 Å². The highest BCUT2D eigenvalue weighted by Crippen LogP contribution is 2.08. The Labute approximate surface area is 161 Å². The Morgan fingerprint density at radius 3 is 2.64 bits per heavy atom. The average molecular weight is 392 g/mol. The van der Waals surface area contributed by atoms with Crippen LogP contribution in [0.15, 0.2) is 24.3 Å². The summed E-state index contributed by atoms with van der Waals surface area (Å²) in [5.74, 6) is -1.09. The van der Waals surface area contributed by atoms with E-state index in [4.69, 9.17) is 0 Å². The van der Waals surface area contributed by atoms with Gasteiger partial charge in [-0.25, -0.2) is 9.18 Å². The molecule has 0 radical (unpaired) electrons. The normalized spacial score (nSPS) is 19.9. The summed E-state index contributed by atoms with van der Waals surface area (Å²) in [7, 11) is 0. The van der Waals surface area contributed by atoms with Crippen LogP contribution in [0.25, 0.3) is 0 Å². The van der Waals surface area contributed by atoms with Crippen molar-refractivity contribution in [2.75, 3.05) is 38.0 Å². The number of urea groups is 1. The van der Waals surface area contributed by atoms with Gasteiger partial charge < -0.3 is 20.4 Å². The fraction of sp³-hybridized carbons (Fsp3) is 0.444. The molecule has 1 aromatic carbocycles. The number of anilines is 1. The fourth-order valence-electron chi connectivity index (χ4n) is 3.34. The lowest BCUT2D eigenvalue weighted by Crippen LogP contribution is -3.15. The Hall–Kier alpha value is -3.01. The number of rotatable bonds is 6. The molecule has 2 fully saturated rings. The fourth-order valence-corrected chi connectivity index (χ4v) is 3.34. The Balaban J connectivity index is 1.38.